The van der Waals surface area contributed by atoms with Crippen molar-refractivity contribution in [1.82, 2.24) is 8.25 Å². The second-order valence-electron chi connectivity index (χ2n) is 1.55. The average Bonchev–Trinajstić information content (AvgIpc) is 1.43. The molecule has 0 bridgehead atoms. The van der Waals surface area contributed by atoms with Crippen LogP contribution in [-0.4, -0.2) is 25.3 Å². The summed E-state index contributed by atoms with van der Waals surface area (Å²) in [6, 6.07) is 0. The van der Waals surface area contributed by atoms with E-state index in [1.807, 2.05) is 0 Å². The summed E-state index contributed by atoms with van der Waals surface area (Å²) in [4.78, 5) is 0. The molecule has 0 radical (unpaired) electrons. The first-order valence-corrected chi connectivity index (χ1v) is 6.38. The SMILES string of the molecule is O=S(=O)(F)NS(=O)(=O)NS(=O)(=O)F.[Li+].[Li+]. The summed E-state index contributed by atoms with van der Waals surface area (Å²) in [7, 11) is -16.7. The van der Waals surface area contributed by atoms with Crippen molar-refractivity contribution in [2.75, 3.05) is 0 Å². The van der Waals surface area contributed by atoms with Crippen molar-refractivity contribution in [2.24, 2.45) is 0 Å². The van der Waals surface area contributed by atoms with Gasteiger partial charge < -0.3 is 0 Å². The van der Waals surface area contributed by atoms with Gasteiger partial charge in [0.25, 0.3) is 0 Å². The summed E-state index contributed by atoms with van der Waals surface area (Å²) in [6.07, 6.45) is 0. The van der Waals surface area contributed by atoms with E-state index in [1.165, 1.54) is 0 Å². The van der Waals surface area contributed by atoms with Crippen LogP contribution >= 0.6 is 0 Å². The van der Waals surface area contributed by atoms with Gasteiger partial charge in [0.1, 0.15) is 0 Å². The summed E-state index contributed by atoms with van der Waals surface area (Å²) in [5.41, 5.74) is 0. The molecule has 0 atom stereocenters. The number of hydrogen-bond donors (Lipinski definition) is 2. The van der Waals surface area contributed by atoms with E-state index in [0.717, 1.165) is 0 Å². The molecular formula is H2F2Li2N2O6S3+2. The maximum absolute atomic E-state index is 11.6. The fraction of sp³-hybridized carbons (Fsp3) is 0. The fourth-order valence-electron chi connectivity index (χ4n) is 0.279. The van der Waals surface area contributed by atoms with Gasteiger partial charge >= 0.3 is 68.7 Å². The quantitative estimate of drug-likeness (QED) is 0.387. The molecule has 0 aromatic heterocycles. The molecule has 8 nitrogen and oxygen atoms in total. The summed E-state index contributed by atoms with van der Waals surface area (Å²) >= 11 is 0. The predicted molar refractivity (Wildman–Crippen MR) is 35.2 cm³/mol. The fourth-order valence-corrected chi connectivity index (χ4v) is 2.82. The van der Waals surface area contributed by atoms with Gasteiger partial charge in [0, 0.05) is 0 Å². The molecule has 15 heavy (non-hydrogen) atoms. The smallest absolute Gasteiger partial charge is 0.193 e. The van der Waals surface area contributed by atoms with E-state index >= 15 is 0 Å². The van der Waals surface area contributed by atoms with E-state index in [2.05, 4.69) is 0 Å². The average molecular weight is 274 g/mol. The Morgan fingerprint density at radius 1 is 0.667 bits per heavy atom. The van der Waals surface area contributed by atoms with Crippen LogP contribution in [-0.2, 0) is 31.0 Å². The largest absolute Gasteiger partial charge is 1.00 e. The normalized spacial score (nSPS) is 12.4. The molecule has 0 aromatic carbocycles. The van der Waals surface area contributed by atoms with E-state index in [-0.39, 0.29) is 46.0 Å². The van der Waals surface area contributed by atoms with E-state index in [0.29, 0.717) is 0 Å². The summed E-state index contributed by atoms with van der Waals surface area (Å²) in [5.74, 6) is 0. The Hall–Kier alpha value is 0.825. The van der Waals surface area contributed by atoms with Gasteiger partial charge in [0.2, 0.25) is 0 Å². The van der Waals surface area contributed by atoms with Gasteiger partial charge in [-0.2, -0.15) is 25.3 Å². The van der Waals surface area contributed by atoms with Crippen LogP contribution in [0.15, 0.2) is 0 Å². The minimum Gasteiger partial charge on any atom is -0.193 e. The Labute approximate surface area is 109 Å². The van der Waals surface area contributed by atoms with Crippen molar-refractivity contribution >= 4 is 31.0 Å². The molecule has 0 aliphatic carbocycles. The van der Waals surface area contributed by atoms with Crippen LogP contribution in [0.25, 0.3) is 0 Å². The molecule has 0 aliphatic heterocycles. The zero-order valence-electron chi connectivity index (χ0n) is 7.43. The predicted octanol–water partition coefficient (Wildman–Crippen LogP) is -8.15. The second kappa shape index (κ2) is 6.53. The monoisotopic (exact) mass is 274 g/mol. The Morgan fingerprint density at radius 2 is 0.867 bits per heavy atom. The molecule has 15 heteroatoms. The molecule has 0 aliphatic rings. The molecule has 80 valence electrons. The van der Waals surface area contributed by atoms with Crippen molar-refractivity contribution in [3.05, 3.63) is 0 Å². The maximum Gasteiger partial charge on any atom is 1.00 e. The third-order valence-corrected chi connectivity index (χ3v) is 3.77. The second-order valence-corrected chi connectivity index (χ2v) is 5.64. The van der Waals surface area contributed by atoms with Crippen LogP contribution in [0, 0.1) is 0 Å². The first-order chi connectivity index (χ1) is 5.41. The van der Waals surface area contributed by atoms with E-state index in [9.17, 15) is 33.0 Å². The topological polar surface area (TPSA) is 126 Å². The van der Waals surface area contributed by atoms with Gasteiger partial charge in [0.15, 0.2) is 0 Å². The maximum atomic E-state index is 11.6. The number of nitrogens with one attached hydrogen (secondary N) is 2. The van der Waals surface area contributed by atoms with Crippen LogP contribution in [0.2, 0.25) is 0 Å². The Bertz CT molecular complexity index is 436. The van der Waals surface area contributed by atoms with E-state index in [1.54, 1.807) is 0 Å². The van der Waals surface area contributed by atoms with Gasteiger partial charge in [-0.05, 0) is 0 Å². The summed E-state index contributed by atoms with van der Waals surface area (Å²) in [5, 5.41) is 0. The summed E-state index contributed by atoms with van der Waals surface area (Å²) in [6.45, 7) is 0. The number of halogens is 2. The van der Waals surface area contributed by atoms with E-state index in [4.69, 9.17) is 0 Å². The van der Waals surface area contributed by atoms with Crippen molar-refractivity contribution in [2.45, 2.75) is 0 Å². The molecule has 0 heterocycles. The molecule has 0 unspecified atom stereocenters. The van der Waals surface area contributed by atoms with Crippen LogP contribution < -0.4 is 46.0 Å². The van der Waals surface area contributed by atoms with Crippen LogP contribution in [0.3, 0.4) is 0 Å². The van der Waals surface area contributed by atoms with Crippen molar-refractivity contribution in [1.29, 1.82) is 0 Å². The Morgan fingerprint density at radius 3 is 1.00 bits per heavy atom. The molecule has 0 fully saturated rings. The van der Waals surface area contributed by atoms with Gasteiger partial charge in [-0.3, -0.25) is 0 Å². The third-order valence-electron chi connectivity index (χ3n) is 0.418. The molecule has 2 N–H and O–H groups in total. The molecule has 0 rings (SSSR count). The number of rotatable bonds is 4. The zero-order chi connectivity index (χ0) is 10.9. The first-order valence-electron chi connectivity index (χ1n) is 2.13. The van der Waals surface area contributed by atoms with Crippen LogP contribution in [0.1, 0.15) is 0 Å². The molecule has 0 aromatic rings. The minimum atomic E-state index is -5.69. The van der Waals surface area contributed by atoms with E-state index < -0.39 is 31.0 Å². The number of hydrogen-bond acceptors (Lipinski definition) is 6. The van der Waals surface area contributed by atoms with Gasteiger partial charge in [-0.25, -0.2) is 0 Å². The van der Waals surface area contributed by atoms with Crippen molar-refractivity contribution in [3.8, 4) is 0 Å². The first kappa shape index (κ1) is 21.1. The Balaban J connectivity index is -0.000000720. The van der Waals surface area contributed by atoms with Gasteiger partial charge in [0.05, 0.1) is 0 Å². The molecule has 0 amide bonds. The summed E-state index contributed by atoms with van der Waals surface area (Å²) < 4.78 is 82.4. The zero-order valence-corrected chi connectivity index (χ0v) is 9.88. The van der Waals surface area contributed by atoms with Gasteiger partial charge in [-0.1, -0.05) is 16.0 Å². The molecule has 0 saturated carbocycles. The van der Waals surface area contributed by atoms with Crippen LogP contribution in [0.5, 0.6) is 0 Å². The van der Waals surface area contributed by atoms with Gasteiger partial charge in [-0.15, -0.1) is 0 Å². The molecule has 0 saturated heterocycles. The Kier molecular flexibility index (Phi) is 9.21. The molecular weight excluding hydrogens is 272 g/mol. The van der Waals surface area contributed by atoms with Crippen molar-refractivity contribution in [3.63, 3.8) is 0 Å². The van der Waals surface area contributed by atoms with Crippen LogP contribution in [0.4, 0.5) is 7.77 Å². The minimum absolute atomic E-state index is 0. The molecule has 0 spiro atoms. The third kappa shape index (κ3) is 14.8. The standard InChI is InChI=1S/F2H2N2O6S3.2Li/c1-11(5,6)3-13(9,10)4-12(2,7)8;;/h3-4H;;/q;2*+1. The van der Waals surface area contributed by atoms with Crippen molar-refractivity contribution < 1.29 is 70.7 Å².